The van der Waals surface area contributed by atoms with Gasteiger partial charge in [-0.05, 0) is 38.4 Å². The number of likely N-dealkylation sites (tertiary alicyclic amines) is 1. The minimum atomic E-state index is -0.282. The molecule has 6 heteroatoms. The summed E-state index contributed by atoms with van der Waals surface area (Å²) in [5, 5.41) is 7.60. The van der Waals surface area contributed by atoms with Crippen molar-refractivity contribution in [2.75, 3.05) is 32.0 Å². The van der Waals surface area contributed by atoms with E-state index in [-0.39, 0.29) is 16.0 Å². The van der Waals surface area contributed by atoms with E-state index in [1.165, 1.54) is 4.68 Å². The topological polar surface area (TPSA) is 50.2 Å². The smallest absolute Gasteiger partial charge is 0.287 e. The number of allylic oxidation sites excluding steroid dienone is 1. The Morgan fingerprint density at radius 1 is 1.52 bits per heavy atom. The average molecular weight is 311 g/mol. The van der Waals surface area contributed by atoms with E-state index in [4.69, 9.17) is 11.6 Å². The van der Waals surface area contributed by atoms with E-state index in [1.807, 2.05) is 0 Å². The van der Waals surface area contributed by atoms with E-state index in [2.05, 4.69) is 35.9 Å². The van der Waals surface area contributed by atoms with Gasteiger partial charge in [-0.25, -0.2) is 4.68 Å². The van der Waals surface area contributed by atoms with Gasteiger partial charge in [0.1, 0.15) is 5.02 Å². The number of nitrogens with zero attached hydrogens (tertiary/aromatic N) is 3. The number of hydrogen-bond acceptors (Lipinski definition) is 4. The molecule has 1 fully saturated rings. The van der Waals surface area contributed by atoms with Gasteiger partial charge in [0.15, 0.2) is 0 Å². The number of hydrogen-bond donors (Lipinski definition) is 1. The zero-order valence-electron chi connectivity index (χ0n) is 12.7. The molecule has 1 aromatic heterocycles. The number of nitrogens with one attached hydrogen (secondary N) is 1. The zero-order valence-corrected chi connectivity index (χ0v) is 13.5. The summed E-state index contributed by atoms with van der Waals surface area (Å²) in [6, 6.07) is 0. The summed E-state index contributed by atoms with van der Waals surface area (Å²) in [6.45, 7) is 9.24. The van der Waals surface area contributed by atoms with Crippen LogP contribution in [0.1, 0.15) is 19.8 Å². The summed E-state index contributed by atoms with van der Waals surface area (Å²) >= 11 is 6.14. The van der Waals surface area contributed by atoms with Crippen molar-refractivity contribution in [1.82, 2.24) is 14.7 Å². The molecule has 1 aliphatic heterocycles. The van der Waals surface area contributed by atoms with E-state index in [0.29, 0.717) is 12.2 Å². The average Bonchev–Trinajstić information content (AvgIpc) is 2.47. The minimum absolute atomic E-state index is 0.198. The van der Waals surface area contributed by atoms with Crippen LogP contribution in [0.2, 0.25) is 5.02 Å². The van der Waals surface area contributed by atoms with Gasteiger partial charge in [0.05, 0.1) is 18.4 Å². The Labute approximate surface area is 130 Å². The molecule has 1 saturated heterocycles. The van der Waals surface area contributed by atoms with Crippen LogP contribution in [-0.4, -0.2) is 41.4 Å². The number of aromatic nitrogens is 2. The normalized spacial score (nSPS) is 18.4. The molecule has 1 aromatic rings. The van der Waals surface area contributed by atoms with Crippen molar-refractivity contribution in [3.63, 3.8) is 0 Å². The molecule has 0 atom stereocenters. The second-order valence-corrected chi connectivity index (χ2v) is 6.49. The molecule has 0 aliphatic carbocycles. The second-order valence-electron chi connectivity index (χ2n) is 6.12. The standard InChI is InChI=1S/C15H23ClN4O/c1-4-7-20-14(21)13(16)12(10-18-20)17-11-15(2)5-8-19(3)9-6-15/h4,10,17H,1,5-9,11H2,2-3H3. The van der Waals surface area contributed by atoms with Gasteiger partial charge >= 0.3 is 0 Å². The molecule has 0 aromatic carbocycles. The van der Waals surface area contributed by atoms with Crippen LogP contribution in [0.3, 0.4) is 0 Å². The third kappa shape index (κ3) is 3.86. The number of halogens is 1. The van der Waals surface area contributed by atoms with E-state index >= 15 is 0 Å². The quantitative estimate of drug-likeness (QED) is 0.847. The summed E-state index contributed by atoms with van der Waals surface area (Å²) in [4.78, 5) is 14.4. The first-order valence-electron chi connectivity index (χ1n) is 7.24. The summed E-state index contributed by atoms with van der Waals surface area (Å²) in [5.74, 6) is 0. The molecule has 0 amide bonds. The lowest BCUT2D eigenvalue weighted by molar-refractivity contribution is 0.150. The van der Waals surface area contributed by atoms with Crippen molar-refractivity contribution in [3.8, 4) is 0 Å². The van der Waals surface area contributed by atoms with E-state index in [1.54, 1.807) is 12.3 Å². The Morgan fingerprint density at radius 3 is 2.81 bits per heavy atom. The Kier molecular flexibility index (Phi) is 5.06. The van der Waals surface area contributed by atoms with Crippen molar-refractivity contribution in [1.29, 1.82) is 0 Å². The van der Waals surface area contributed by atoms with Crippen molar-refractivity contribution in [2.24, 2.45) is 5.41 Å². The fraction of sp³-hybridized carbons (Fsp3) is 0.600. The lowest BCUT2D eigenvalue weighted by Crippen LogP contribution is -2.40. The Morgan fingerprint density at radius 2 is 2.19 bits per heavy atom. The van der Waals surface area contributed by atoms with Gasteiger partial charge in [0.25, 0.3) is 5.56 Å². The monoisotopic (exact) mass is 310 g/mol. The van der Waals surface area contributed by atoms with Crippen molar-refractivity contribution in [2.45, 2.75) is 26.3 Å². The fourth-order valence-corrected chi connectivity index (χ4v) is 2.70. The molecule has 116 valence electrons. The number of piperidine rings is 1. The maximum absolute atomic E-state index is 12.0. The SMILES string of the molecule is C=CCn1ncc(NCC2(C)CCN(C)CC2)c(Cl)c1=O. The fourth-order valence-electron chi connectivity index (χ4n) is 2.48. The first-order valence-corrected chi connectivity index (χ1v) is 7.62. The lowest BCUT2D eigenvalue weighted by Gasteiger charge is -2.38. The maximum Gasteiger partial charge on any atom is 0.287 e. The molecule has 2 rings (SSSR count). The molecule has 0 saturated carbocycles. The highest BCUT2D eigenvalue weighted by Gasteiger charge is 2.28. The number of rotatable bonds is 5. The third-order valence-electron chi connectivity index (χ3n) is 4.19. The van der Waals surface area contributed by atoms with Crippen LogP contribution in [-0.2, 0) is 6.54 Å². The van der Waals surface area contributed by atoms with Gasteiger partial charge in [-0.3, -0.25) is 4.79 Å². The van der Waals surface area contributed by atoms with Crippen LogP contribution >= 0.6 is 11.6 Å². The summed E-state index contributed by atoms with van der Waals surface area (Å²) in [5.41, 5.74) is 0.559. The highest BCUT2D eigenvalue weighted by Crippen LogP contribution is 2.31. The Balaban J connectivity index is 2.05. The molecule has 2 heterocycles. The van der Waals surface area contributed by atoms with Crippen LogP contribution in [0.25, 0.3) is 0 Å². The van der Waals surface area contributed by atoms with Gasteiger partial charge in [0.2, 0.25) is 0 Å². The first kappa shape index (κ1) is 16.0. The van der Waals surface area contributed by atoms with Crippen molar-refractivity contribution in [3.05, 3.63) is 34.2 Å². The summed E-state index contributed by atoms with van der Waals surface area (Å²) < 4.78 is 1.30. The predicted molar refractivity (Wildman–Crippen MR) is 87.0 cm³/mol. The van der Waals surface area contributed by atoms with Gasteiger partial charge in [-0.2, -0.15) is 5.10 Å². The van der Waals surface area contributed by atoms with Gasteiger partial charge in [0, 0.05) is 6.54 Å². The van der Waals surface area contributed by atoms with E-state index < -0.39 is 0 Å². The van der Waals surface area contributed by atoms with Crippen LogP contribution in [0.15, 0.2) is 23.6 Å². The maximum atomic E-state index is 12.0. The van der Waals surface area contributed by atoms with E-state index in [0.717, 1.165) is 32.5 Å². The van der Waals surface area contributed by atoms with Crippen LogP contribution in [0.4, 0.5) is 5.69 Å². The Hall–Kier alpha value is -1.33. The van der Waals surface area contributed by atoms with Crippen LogP contribution in [0, 0.1) is 5.41 Å². The highest BCUT2D eigenvalue weighted by molar-refractivity contribution is 6.32. The van der Waals surface area contributed by atoms with Crippen LogP contribution < -0.4 is 10.9 Å². The molecular formula is C15H23ClN4O. The predicted octanol–water partition coefficient (Wildman–Crippen LogP) is 2.23. The van der Waals surface area contributed by atoms with E-state index in [9.17, 15) is 4.79 Å². The summed E-state index contributed by atoms with van der Waals surface area (Å²) in [6.07, 6.45) is 5.51. The zero-order chi connectivity index (χ0) is 15.5. The highest BCUT2D eigenvalue weighted by atomic mass is 35.5. The first-order chi connectivity index (χ1) is 9.95. The van der Waals surface area contributed by atoms with Crippen LogP contribution in [0.5, 0.6) is 0 Å². The lowest BCUT2D eigenvalue weighted by atomic mass is 9.80. The van der Waals surface area contributed by atoms with Gasteiger partial charge in [-0.15, -0.1) is 6.58 Å². The molecule has 0 radical (unpaired) electrons. The molecule has 0 spiro atoms. The van der Waals surface area contributed by atoms with Gasteiger partial charge < -0.3 is 10.2 Å². The molecule has 21 heavy (non-hydrogen) atoms. The molecule has 0 bridgehead atoms. The number of anilines is 1. The second kappa shape index (κ2) is 6.62. The van der Waals surface area contributed by atoms with Crippen molar-refractivity contribution >= 4 is 17.3 Å². The van der Waals surface area contributed by atoms with Crippen molar-refractivity contribution < 1.29 is 0 Å². The molecular weight excluding hydrogens is 288 g/mol. The molecule has 1 aliphatic rings. The summed E-state index contributed by atoms with van der Waals surface area (Å²) in [7, 11) is 2.15. The Bertz CT molecular complexity index is 561. The minimum Gasteiger partial charge on any atom is -0.382 e. The van der Waals surface area contributed by atoms with Gasteiger partial charge in [-0.1, -0.05) is 24.6 Å². The largest absolute Gasteiger partial charge is 0.382 e. The molecule has 5 nitrogen and oxygen atoms in total. The molecule has 1 N–H and O–H groups in total. The molecule has 0 unspecified atom stereocenters. The third-order valence-corrected chi connectivity index (χ3v) is 4.55.